The molecule has 2 saturated heterocycles. The molecular formula is C18H26N2O2S. The monoisotopic (exact) mass is 334 g/mol. The maximum atomic E-state index is 12.5. The topological polar surface area (TPSA) is 40.6 Å². The van der Waals surface area contributed by atoms with Crippen LogP contribution in [0.1, 0.15) is 53.8 Å². The summed E-state index contributed by atoms with van der Waals surface area (Å²) in [5.41, 5.74) is 1.08. The Morgan fingerprint density at radius 3 is 2.43 bits per heavy atom. The molecule has 4 nitrogen and oxygen atoms in total. The number of aryl methyl sites for hydroxylation is 1. The zero-order chi connectivity index (χ0) is 16.2. The van der Waals surface area contributed by atoms with Crippen molar-refractivity contribution in [2.24, 2.45) is 5.92 Å². The number of carbonyl (C=O) groups excluding carboxylic acids is 2. The molecule has 0 aromatic carbocycles. The lowest BCUT2D eigenvalue weighted by atomic mass is 9.92. The second-order valence-corrected chi connectivity index (χ2v) is 7.71. The third kappa shape index (κ3) is 3.94. The van der Waals surface area contributed by atoms with E-state index in [1.807, 2.05) is 28.2 Å². The van der Waals surface area contributed by atoms with E-state index >= 15 is 0 Å². The molecular weight excluding hydrogens is 308 g/mol. The number of rotatable bonds is 4. The predicted octanol–water partition coefficient (Wildman–Crippen LogP) is 3.31. The van der Waals surface area contributed by atoms with Gasteiger partial charge in [0.15, 0.2) is 0 Å². The Labute approximate surface area is 142 Å². The first-order valence-electron chi connectivity index (χ1n) is 8.76. The van der Waals surface area contributed by atoms with Gasteiger partial charge < -0.3 is 9.80 Å². The molecule has 5 heteroatoms. The van der Waals surface area contributed by atoms with Crippen molar-refractivity contribution in [2.45, 2.75) is 45.4 Å². The lowest BCUT2D eigenvalue weighted by Gasteiger charge is -2.32. The van der Waals surface area contributed by atoms with Crippen LogP contribution in [-0.2, 0) is 4.79 Å². The van der Waals surface area contributed by atoms with E-state index in [9.17, 15) is 9.59 Å². The number of amides is 2. The highest BCUT2D eigenvalue weighted by molar-refractivity contribution is 7.12. The molecule has 0 atom stereocenters. The van der Waals surface area contributed by atoms with Gasteiger partial charge in [0.05, 0.1) is 4.88 Å². The number of carbonyl (C=O) groups is 2. The number of thiophene rings is 1. The molecule has 1 aromatic rings. The van der Waals surface area contributed by atoms with E-state index in [-0.39, 0.29) is 5.91 Å². The SMILES string of the molecule is Cc1ccsc1C(=O)N1CCC(CCC(=O)N2CCCC2)CC1. The third-order valence-corrected chi connectivity index (χ3v) is 6.19. The summed E-state index contributed by atoms with van der Waals surface area (Å²) in [6.07, 6.45) is 6.05. The molecule has 23 heavy (non-hydrogen) atoms. The van der Waals surface area contributed by atoms with Crippen molar-refractivity contribution in [2.75, 3.05) is 26.2 Å². The summed E-state index contributed by atoms with van der Waals surface area (Å²) in [7, 11) is 0. The van der Waals surface area contributed by atoms with Crippen LogP contribution < -0.4 is 0 Å². The summed E-state index contributed by atoms with van der Waals surface area (Å²) in [4.78, 5) is 29.5. The fourth-order valence-electron chi connectivity index (χ4n) is 3.61. The summed E-state index contributed by atoms with van der Waals surface area (Å²) in [6.45, 7) is 5.57. The average Bonchev–Trinajstić information content (AvgIpc) is 3.24. The van der Waals surface area contributed by atoms with E-state index < -0.39 is 0 Å². The van der Waals surface area contributed by atoms with Crippen LogP contribution in [0.5, 0.6) is 0 Å². The van der Waals surface area contributed by atoms with Crippen LogP contribution in [0.15, 0.2) is 11.4 Å². The fraction of sp³-hybridized carbons (Fsp3) is 0.667. The number of hydrogen-bond acceptors (Lipinski definition) is 3. The first-order chi connectivity index (χ1) is 11.1. The van der Waals surface area contributed by atoms with Crippen molar-refractivity contribution < 1.29 is 9.59 Å². The van der Waals surface area contributed by atoms with Gasteiger partial charge in [-0.3, -0.25) is 9.59 Å². The lowest BCUT2D eigenvalue weighted by Crippen LogP contribution is -2.38. The van der Waals surface area contributed by atoms with Crippen molar-refractivity contribution in [1.29, 1.82) is 0 Å². The Hall–Kier alpha value is -1.36. The van der Waals surface area contributed by atoms with Crippen molar-refractivity contribution in [1.82, 2.24) is 9.80 Å². The molecule has 0 saturated carbocycles. The van der Waals surface area contributed by atoms with Crippen molar-refractivity contribution >= 4 is 23.2 Å². The largest absolute Gasteiger partial charge is 0.343 e. The molecule has 0 bridgehead atoms. The van der Waals surface area contributed by atoms with Crippen LogP contribution in [0.2, 0.25) is 0 Å². The molecule has 3 heterocycles. The lowest BCUT2D eigenvalue weighted by molar-refractivity contribution is -0.130. The van der Waals surface area contributed by atoms with Crippen LogP contribution >= 0.6 is 11.3 Å². The Morgan fingerprint density at radius 2 is 1.83 bits per heavy atom. The maximum Gasteiger partial charge on any atom is 0.264 e. The maximum absolute atomic E-state index is 12.5. The Morgan fingerprint density at radius 1 is 1.13 bits per heavy atom. The Kier molecular flexibility index (Phi) is 5.36. The quantitative estimate of drug-likeness (QED) is 0.847. The van der Waals surface area contributed by atoms with Crippen molar-refractivity contribution in [3.8, 4) is 0 Å². The van der Waals surface area contributed by atoms with Gasteiger partial charge >= 0.3 is 0 Å². The molecule has 0 radical (unpaired) electrons. The van der Waals surface area contributed by atoms with Gasteiger partial charge in [-0.25, -0.2) is 0 Å². The highest BCUT2D eigenvalue weighted by Crippen LogP contribution is 2.26. The second-order valence-electron chi connectivity index (χ2n) is 6.79. The molecule has 2 amide bonds. The van der Waals surface area contributed by atoms with Crippen LogP contribution in [-0.4, -0.2) is 47.8 Å². The molecule has 3 rings (SSSR count). The van der Waals surface area contributed by atoms with Gasteiger partial charge in [0.25, 0.3) is 5.91 Å². The third-order valence-electron chi connectivity index (χ3n) is 5.18. The van der Waals surface area contributed by atoms with Crippen LogP contribution in [0.25, 0.3) is 0 Å². The van der Waals surface area contributed by atoms with E-state index in [1.165, 1.54) is 11.3 Å². The summed E-state index contributed by atoms with van der Waals surface area (Å²) in [6, 6.07) is 2.01. The molecule has 2 aliphatic heterocycles. The minimum atomic E-state index is 0.184. The Balaban J connectivity index is 1.42. The zero-order valence-electron chi connectivity index (χ0n) is 13.9. The molecule has 0 spiro atoms. The van der Waals surface area contributed by atoms with Crippen molar-refractivity contribution in [3.05, 3.63) is 21.9 Å². The zero-order valence-corrected chi connectivity index (χ0v) is 14.7. The average molecular weight is 334 g/mol. The van der Waals surface area contributed by atoms with Gasteiger partial charge in [0, 0.05) is 32.6 Å². The standard InChI is InChI=1S/C18H26N2O2S/c1-14-8-13-23-17(14)18(22)20-11-6-15(7-12-20)4-5-16(21)19-9-2-3-10-19/h8,13,15H,2-7,9-12H2,1H3. The summed E-state index contributed by atoms with van der Waals surface area (Å²) < 4.78 is 0. The van der Waals surface area contributed by atoms with E-state index in [0.29, 0.717) is 18.2 Å². The van der Waals surface area contributed by atoms with E-state index in [1.54, 1.807) is 0 Å². The van der Waals surface area contributed by atoms with Crippen LogP contribution in [0, 0.1) is 12.8 Å². The summed E-state index contributed by atoms with van der Waals surface area (Å²) in [5.74, 6) is 1.11. The second kappa shape index (κ2) is 7.47. The molecule has 0 aliphatic carbocycles. The van der Waals surface area contributed by atoms with Gasteiger partial charge in [0.1, 0.15) is 0 Å². The molecule has 0 N–H and O–H groups in total. The normalized spacial score (nSPS) is 19.3. The molecule has 2 fully saturated rings. The van der Waals surface area contributed by atoms with E-state index in [0.717, 1.165) is 68.7 Å². The van der Waals surface area contributed by atoms with Crippen molar-refractivity contribution in [3.63, 3.8) is 0 Å². The van der Waals surface area contributed by atoms with Gasteiger partial charge in [-0.05, 0) is 62.0 Å². The Bertz CT molecular complexity index is 555. The van der Waals surface area contributed by atoms with Gasteiger partial charge in [0.2, 0.25) is 5.91 Å². The molecule has 126 valence electrons. The molecule has 1 aromatic heterocycles. The smallest absolute Gasteiger partial charge is 0.264 e. The number of piperidine rings is 1. The summed E-state index contributed by atoms with van der Waals surface area (Å²) >= 11 is 1.54. The molecule has 2 aliphatic rings. The minimum Gasteiger partial charge on any atom is -0.343 e. The summed E-state index contributed by atoms with van der Waals surface area (Å²) in [5, 5.41) is 1.99. The first-order valence-corrected chi connectivity index (χ1v) is 9.64. The van der Waals surface area contributed by atoms with E-state index in [4.69, 9.17) is 0 Å². The number of likely N-dealkylation sites (tertiary alicyclic amines) is 2. The highest BCUT2D eigenvalue weighted by atomic mass is 32.1. The van der Waals surface area contributed by atoms with Gasteiger partial charge in [-0.1, -0.05) is 0 Å². The fourth-order valence-corrected chi connectivity index (χ4v) is 4.50. The van der Waals surface area contributed by atoms with E-state index in [2.05, 4.69) is 0 Å². The van der Waals surface area contributed by atoms with Gasteiger partial charge in [-0.2, -0.15) is 0 Å². The predicted molar refractivity (Wildman–Crippen MR) is 92.7 cm³/mol. The number of nitrogens with zero attached hydrogens (tertiary/aromatic N) is 2. The highest BCUT2D eigenvalue weighted by Gasteiger charge is 2.26. The van der Waals surface area contributed by atoms with Gasteiger partial charge in [-0.15, -0.1) is 11.3 Å². The van der Waals surface area contributed by atoms with Crippen LogP contribution in [0.4, 0.5) is 0 Å². The van der Waals surface area contributed by atoms with Crippen LogP contribution in [0.3, 0.4) is 0 Å². The minimum absolute atomic E-state index is 0.184. The number of hydrogen-bond donors (Lipinski definition) is 0. The first kappa shape index (κ1) is 16.5. The molecule has 0 unspecified atom stereocenters.